The Hall–Kier alpha value is -2.17. The SMILES string of the molecule is C[C@@H](C(=O)N1CCC(O)(c2ccccc2)CC1)N1CCc2ccccc2C1. The first-order valence-corrected chi connectivity index (χ1v) is 9.94. The number of hydrogen-bond donors (Lipinski definition) is 1. The van der Waals surface area contributed by atoms with E-state index in [0.29, 0.717) is 25.9 Å². The summed E-state index contributed by atoms with van der Waals surface area (Å²) in [6.07, 6.45) is 2.19. The molecule has 1 N–H and O–H groups in total. The smallest absolute Gasteiger partial charge is 0.239 e. The fourth-order valence-electron chi connectivity index (χ4n) is 4.40. The highest BCUT2D eigenvalue weighted by molar-refractivity contribution is 5.81. The maximum Gasteiger partial charge on any atom is 0.239 e. The average molecular weight is 364 g/mol. The van der Waals surface area contributed by atoms with Crippen molar-refractivity contribution in [3.63, 3.8) is 0 Å². The molecule has 0 unspecified atom stereocenters. The molecule has 0 saturated carbocycles. The summed E-state index contributed by atoms with van der Waals surface area (Å²) < 4.78 is 0. The third-order valence-corrected chi connectivity index (χ3v) is 6.28. The van der Waals surface area contributed by atoms with Gasteiger partial charge in [0.1, 0.15) is 0 Å². The summed E-state index contributed by atoms with van der Waals surface area (Å²) in [5.74, 6) is 0.185. The highest BCUT2D eigenvalue weighted by Crippen LogP contribution is 2.33. The molecule has 0 spiro atoms. The van der Waals surface area contributed by atoms with Gasteiger partial charge in [-0.2, -0.15) is 0 Å². The van der Waals surface area contributed by atoms with E-state index in [1.165, 1.54) is 11.1 Å². The molecule has 27 heavy (non-hydrogen) atoms. The molecule has 0 aromatic heterocycles. The number of rotatable bonds is 3. The van der Waals surface area contributed by atoms with Crippen LogP contribution in [0.25, 0.3) is 0 Å². The maximum atomic E-state index is 13.1. The number of carbonyl (C=O) groups is 1. The van der Waals surface area contributed by atoms with Gasteiger partial charge < -0.3 is 10.0 Å². The fraction of sp³-hybridized carbons (Fsp3) is 0.435. The summed E-state index contributed by atoms with van der Waals surface area (Å²) in [6.45, 7) is 5.00. The summed E-state index contributed by atoms with van der Waals surface area (Å²) in [6, 6.07) is 18.2. The highest BCUT2D eigenvalue weighted by Gasteiger charge is 2.37. The van der Waals surface area contributed by atoms with Gasteiger partial charge in [0.15, 0.2) is 0 Å². The molecule has 0 radical (unpaired) electrons. The number of likely N-dealkylation sites (tertiary alicyclic amines) is 1. The van der Waals surface area contributed by atoms with Gasteiger partial charge in [-0.1, -0.05) is 54.6 Å². The molecule has 1 saturated heterocycles. The van der Waals surface area contributed by atoms with E-state index < -0.39 is 5.60 Å². The van der Waals surface area contributed by atoms with Gasteiger partial charge in [0.05, 0.1) is 11.6 Å². The van der Waals surface area contributed by atoms with Gasteiger partial charge in [0.2, 0.25) is 5.91 Å². The lowest BCUT2D eigenvalue weighted by Gasteiger charge is -2.41. The minimum absolute atomic E-state index is 0.124. The van der Waals surface area contributed by atoms with Crippen LogP contribution in [0.5, 0.6) is 0 Å². The quantitative estimate of drug-likeness (QED) is 0.911. The zero-order valence-corrected chi connectivity index (χ0v) is 16.0. The van der Waals surface area contributed by atoms with E-state index >= 15 is 0 Å². The van der Waals surface area contributed by atoms with Crippen molar-refractivity contribution in [2.24, 2.45) is 0 Å². The van der Waals surface area contributed by atoms with Crippen LogP contribution in [0, 0.1) is 0 Å². The van der Waals surface area contributed by atoms with E-state index in [1.54, 1.807) is 0 Å². The van der Waals surface area contributed by atoms with Crippen molar-refractivity contribution >= 4 is 5.91 Å². The molecule has 2 aromatic carbocycles. The second-order valence-electron chi connectivity index (χ2n) is 7.89. The molecule has 0 bridgehead atoms. The first kappa shape index (κ1) is 18.2. The number of fused-ring (bicyclic) bond motifs is 1. The van der Waals surface area contributed by atoms with E-state index in [9.17, 15) is 9.90 Å². The van der Waals surface area contributed by atoms with Crippen LogP contribution in [0.15, 0.2) is 54.6 Å². The Bertz CT molecular complexity index is 797. The Morgan fingerprint density at radius 2 is 1.59 bits per heavy atom. The number of aliphatic hydroxyl groups is 1. The van der Waals surface area contributed by atoms with E-state index in [2.05, 4.69) is 29.2 Å². The van der Waals surface area contributed by atoms with Crippen molar-refractivity contribution in [2.45, 2.75) is 44.4 Å². The Balaban J connectivity index is 1.38. The van der Waals surface area contributed by atoms with Gasteiger partial charge in [-0.3, -0.25) is 9.69 Å². The maximum absolute atomic E-state index is 13.1. The lowest BCUT2D eigenvalue weighted by atomic mass is 9.84. The van der Waals surface area contributed by atoms with Crippen LogP contribution in [-0.2, 0) is 23.4 Å². The molecular formula is C23H28N2O2. The predicted octanol–water partition coefficient (Wildman–Crippen LogP) is 2.94. The number of nitrogens with zero attached hydrogens (tertiary/aromatic N) is 2. The number of carbonyl (C=O) groups excluding carboxylic acids is 1. The number of piperidine rings is 1. The summed E-state index contributed by atoms with van der Waals surface area (Å²) in [4.78, 5) is 17.3. The van der Waals surface area contributed by atoms with Crippen LogP contribution < -0.4 is 0 Å². The van der Waals surface area contributed by atoms with Crippen LogP contribution >= 0.6 is 0 Å². The van der Waals surface area contributed by atoms with Crippen molar-refractivity contribution in [1.82, 2.24) is 9.80 Å². The molecule has 1 atom stereocenters. The third-order valence-electron chi connectivity index (χ3n) is 6.28. The van der Waals surface area contributed by atoms with E-state index in [-0.39, 0.29) is 11.9 Å². The second-order valence-corrected chi connectivity index (χ2v) is 7.89. The Morgan fingerprint density at radius 3 is 2.30 bits per heavy atom. The molecule has 4 heteroatoms. The van der Waals surface area contributed by atoms with Crippen LogP contribution in [0.3, 0.4) is 0 Å². The van der Waals surface area contributed by atoms with Crippen molar-refractivity contribution in [1.29, 1.82) is 0 Å². The average Bonchev–Trinajstić information content (AvgIpc) is 2.73. The van der Waals surface area contributed by atoms with E-state index in [0.717, 1.165) is 25.1 Å². The van der Waals surface area contributed by atoms with Crippen molar-refractivity contribution in [3.8, 4) is 0 Å². The van der Waals surface area contributed by atoms with Gasteiger partial charge >= 0.3 is 0 Å². The number of amides is 1. The molecule has 1 amide bonds. The second kappa shape index (κ2) is 7.45. The van der Waals surface area contributed by atoms with Crippen molar-refractivity contribution in [3.05, 3.63) is 71.3 Å². The molecule has 2 aliphatic heterocycles. The molecule has 0 aliphatic carbocycles. The molecular weight excluding hydrogens is 336 g/mol. The molecule has 2 aromatic rings. The first-order valence-electron chi connectivity index (χ1n) is 9.94. The lowest BCUT2D eigenvalue weighted by molar-refractivity contribution is -0.141. The van der Waals surface area contributed by atoms with Crippen molar-refractivity contribution in [2.75, 3.05) is 19.6 Å². The standard InChI is InChI=1S/C23H28N2O2/c1-18(25-14-11-19-7-5-6-8-20(19)17-25)22(26)24-15-12-23(27,13-16-24)21-9-3-2-4-10-21/h2-10,18,27H,11-17H2,1H3/t18-/m0/s1. The zero-order chi connectivity index (χ0) is 18.9. The zero-order valence-electron chi connectivity index (χ0n) is 16.0. The van der Waals surface area contributed by atoms with Crippen LogP contribution in [0.1, 0.15) is 36.5 Å². The Labute approximate surface area is 161 Å². The van der Waals surface area contributed by atoms with Crippen molar-refractivity contribution < 1.29 is 9.90 Å². The van der Waals surface area contributed by atoms with Gasteiger partial charge in [-0.15, -0.1) is 0 Å². The van der Waals surface area contributed by atoms with Gasteiger partial charge in [0.25, 0.3) is 0 Å². The monoisotopic (exact) mass is 364 g/mol. The molecule has 1 fully saturated rings. The summed E-state index contributed by atoms with van der Waals surface area (Å²) in [5.41, 5.74) is 2.88. The Kier molecular flexibility index (Phi) is 5.02. The minimum atomic E-state index is -0.814. The summed E-state index contributed by atoms with van der Waals surface area (Å²) >= 11 is 0. The number of benzene rings is 2. The summed E-state index contributed by atoms with van der Waals surface area (Å²) in [7, 11) is 0. The predicted molar refractivity (Wildman–Crippen MR) is 106 cm³/mol. The Morgan fingerprint density at radius 1 is 0.963 bits per heavy atom. The molecule has 4 rings (SSSR count). The first-order chi connectivity index (χ1) is 13.1. The molecule has 142 valence electrons. The normalized spacial score (nSPS) is 20.7. The molecule has 2 heterocycles. The fourth-order valence-corrected chi connectivity index (χ4v) is 4.40. The summed E-state index contributed by atoms with van der Waals surface area (Å²) in [5, 5.41) is 11.0. The molecule has 4 nitrogen and oxygen atoms in total. The van der Waals surface area contributed by atoms with Crippen LogP contribution in [0.2, 0.25) is 0 Å². The van der Waals surface area contributed by atoms with Gasteiger partial charge in [-0.25, -0.2) is 0 Å². The molecule has 2 aliphatic rings. The number of hydrogen-bond acceptors (Lipinski definition) is 3. The minimum Gasteiger partial charge on any atom is -0.385 e. The van der Waals surface area contributed by atoms with Crippen LogP contribution in [0.4, 0.5) is 0 Å². The van der Waals surface area contributed by atoms with Crippen LogP contribution in [-0.4, -0.2) is 46.5 Å². The largest absolute Gasteiger partial charge is 0.385 e. The van der Waals surface area contributed by atoms with E-state index in [4.69, 9.17) is 0 Å². The van der Waals surface area contributed by atoms with E-state index in [1.807, 2.05) is 42.2 Å². The topological polar surface area (TPSA) is 43.8 Å². The highest BCUT2D eigenvalue weighted by atomic mass is 16.3. The van der Waals surface area contributed by atoms with Gasteiger partial charge in [0, 0.05) is 26.2 Å². The third kappa shape index (κ3) is 3.64. The lowest BCUT2D eigenvalue weighted by Crippen LogP contribution is -2.52. The van der Waals surface area contributed by atoms with Gasteiger partial charge in [-0.05, 0) is 42.9 Å².